The van der Waals surface area contributed by atoms with Crippen LogP contribution in [0.4, 0.5) is 0 Å². The molecule has 3 N–H and O–H groups in total. The van der Waals surface area contributed by atoms with Crippen LogP contribution in [0.15, 0.2) is 23.1 Å². The zero-order valence-electron chi connectivity index (χ0n) is 15.1. The second kappa shape index (κ2) is 10.7. The minimum atomic E-state index is -3.77. The Bertz CT molecular complexity index is 673. The number of hydrogen-bond donors (Lipinski definition) is 2. The van der Waals surface area contributed by atoms with E-state index in [-0.39, 0.29) is 41.1 Å². The van der Waals surface area contributed by atoms with E-state index in [1.165, 1.54) is 6.07 Å². The third-order valence-corrected chi connectivity index (χ3v) is 6.19. The number of hydrogen-bond acceptors (Lipinski definition) is 5. The number of nitrogens with one attached hydrogen (secondary N) is 1. The predicted octanol–water partition coefficient (Wildman–Crippen LogP) is 2.97. The lowest BCUT2D eigenvalue weighted by molar-refractivity contribution is 0.0901. The number of halogens is 2. The standard InChI is InChI=1S/C17H27ClN2O4S.ClH/c1-12(11-23-2)24-16-8-7-14(18)9-17(16)25(21,22)20-15-6-4-3-5-13(15)10-19;/h7-9,12-13,15,20H,3-6,10-11,19H2,1-2H3;1H. The summed E-state index contributed by atoms with van der Waals surface area (Å²) in [5.74, 6) is 0.418. The zero-order chi connectivity index (χ0) is 18.4. The molecule has 0 amide bonds. The second-order valence-corrected chi connectivity index (χ2v) is 8.60. The molecule has 3 unspecified atom stereocenters. The number of sulfonamides is 1. The molecule has 0 aromatic heterocycles. The van der Waals surface area contributed by atoms with Gasteiger partial charge in [0.15, 0.2) is 0 Å². The SMILES string of the molecule is COCC(C)Oc1ccc(Cl)cc1S(=O)(=O)NC1CCCCC1CN.Cl. The van der Waals surface area contributed by atoms with Gasteiger partial charge in [-0.05, 0) is 50.4 Å². The molecule has 1 aliphatic carbocycles. The first-order valence-corrected chi connectivity index (χ1v) is 10.4. The lowest BCUT2D eigenvalue weighted by atomic mass is 9.85. The molecular weight excluding hydrogens is 399 g/mol. The maximum Gasteiger partial charge on any atom is 0.244 e. The number of benzene rings is 1. The zero-order valence-corrected chi connectivity index (χ0v) is 17.5. The fraction of sp³-hybridized carbons (Fsp3) is 0.647. The van der Waals surface area contributed by atoms with E-state index >= 15 is 0 Å². The maximum atomic E-state index is 13.0. The molecule has 1 saturated carbocycles. The quantitative estimate of drug-likeness (QED) is 0.666. The summed E-state index contributed by atoms with van der Waals surface area (Å²) in [4.78, 5) is 0.0456. The summed E-state index contributed by atoms with van der Waals surface area (Å²) in [7, 11) is -2.21. The Morgan fingerprint density at radius 1 is 1.35 bits per heavy atom. The van der Waals surface area contributed by atoms with Gasteiger partial charge in [-0.25, -0.2) is 13.1 Å². The second-order valence-electron chi connectivity index (χ2n) is 6.48. The van der Waals surface area contributed by atoms with Gasteiger partial charge in [0.25, 0.3) is 0 Å². The molecule has 6 nitrogen and oxygen atoms in total. The van der Waals surface area contributed by atoms with E-state index in [9.17, 15) is 8.42 Å². The summed E-state index contributed by atoms with van der Waals surface area (Å²) >= 11 is 6.03. The molecule has 1 aliphatic rings. The molecular formula is C17H28Cl2N2O4S. The third kappa shape index (κ3) is 6.25. The summed E-state index contributed by atoms with van der Waals surface area (Å²) in [5.41, 5.74) is 5.81. The van der Waals surface area contributed by atoms with Crippen molar-refractivity contribution < 1.29 is 17.9 Å². The highest BCUT2D eigenvalue weighted by Crippen LogP contribution is 2.30. The van der Waals surface area contributed by atoms with Crippen LogP contribution in [0.5, 0.6) is 5.75 Å². The number of nitrogens with two attached hydrogens (primary N) is 1. The Kier molecular flexibility index (Phi) is 9.64. The molecule has 0 spiro atoms. The van der Waals surface area contributed by atoms with Crippen LogP contribution >= 0.6 is 24.0 Å². The summed E-state index contributed by atoms with van der Waals surface area (Å²) < 4.78 is 39.5. The summed E-state index contributed by atoms with van der Waals surface area (Å²) in [6.07, 6.45) is 3.52. The van der Waals surface area contributed by atoms with Gasteiger partial charge in [-0.2, -0.15) is 0 Å². The van der Waals surface area contributed by atoms with E-state index in [0.717, 1.165) is 25.7 Å². The molecule has 0 saturated heterocycles. The highest BCUT2D eigenvalue weighted by Gasteiger charge is 2.30. The molecule has 0 radical (unpaired) electrons. The number of methoxy groups -OCH3 is 1. The molecule has 1 fully saturated rings. The lowest BCUT2D eigenvalue weighted by Crippen LogP contribution is -2.44. The van der Waals surface area contributed by atoms with Crippen molar-refractivity contribution in [3.05, 3.63) is 23.2 Å². The first-order chi connectivity index (χ1) is 11.9. The van der Waals surface area contributed by atoms with Gasteiger partial charge in [-0.3, -0.25) is 0 Å². The van der Waals surface area contributed by atoms with Crippen molar-refractivity contribution in [2.24, 2.45) is 11.7 Å². The van der Waals surface area contributed by atoms with Crippen LogP contribution in [0, 0.1) is 5.92 Å². The summed E-state index contributed by atoms with van der Waals surface area (Å²) in [6.45, 7) is 2.64. The lowest BCUT2D eigenvalue weighted by Gasteiger charge is -2.31. The van der Waals surface area contributed by atoms with Crippen LogP contribution in [0.2, 0.25) is 5.02 Å². The van der Waals surface area contributed by atoms with E-state index < -0.39 is 10.0 Å². The van der Waals surface area contributed by atoms with Crippen molar-refractivity contribution in [1.82, 2.24) is 4.72 Å². The average Bonchev–Trinajstić information content (AvgIpc) is 2.57. The van der Waals surface area contributed by atoms with E-state index in [4.69, 9.17) is 26.8 Å². The van der Waals surface area contributed by atoms with Crippen LogP contribution in [-0.2, 0) is 14.8 Å². The van der Waals surface area contributed by atoms with Crippen molar-refractivity contribution in [1.29, 1.82) is 0 Å². The number of ether oxygens (including phenoxy) is 2. The van der Waals surface area contributed by atoms with Gasteiger partial charge < -0.3 is 15.2 Å². The molecule has 26 heavy (non-hydrogen) atoms. The normalized spacial score (nSPS) is 21.7. The molecule has 150 valence electrons. The van der Waals surface area contributed by atoms with Gasteiger partial charge in [0.1, 0.15) is 16.7 Å². The van der Waals surface area contributed by atoms with E-state index in [0.29, 0.717) is 18.2 Å². The molecule has 1 aromatic rings. The monoisotopic (exact) mass is 426 g/mol. The minimum absolute atomic E-state index is 0. The van der Waals surface area contributed by atoms with Crippen molar-refractivity contribution in [2.75, 3.05) is 20.3 Å². The van der Waals surface area contributed by atoms with Gasteiger partial charge in [0.05, 0.1) is 6.61 Å². The fourth-order valence-corrected chi connectivity index (χ4v) is 4.92. The van der Waals surface area contributed by atoms with E-state index in [1.54, 1.807) is 19.2 Å². The summed E-state index contributed by atoms with van der Waals surface area (Å²) in [5, 5.41) is 0.339. The Morgan fingerprint density at radius 3 is 2.69 bits per heavy atom. The largest absolute Gasteiger partial charge is 0.487 e. The molecule has 1 aromatic carbocycles. The average molecular weight is 427 g/mol. The van der Waals surface area contributed by atoms with Gasteiger partial charge in [-0.15, -0.1) is 12.4 Å². The Labute approximate surface area is 167 Å². The Hall–Kier alpha value is -0.570. The first-order valence-electron chi connectivity index (χ1n) is 8.55. The van der Waals surface area contributed by atoms with Crippen molar-refractivity contribution >= 4 is 34.0 Å². The van der Waals surface area contributed by atoms with Crippen LogP contribution in [-0.4, -0.2) is 40.8 Å². The van der Waals surface area contributed by atoms with Crippen molar-refractivity contribution in [2.45, 2.75) is 49.6 Å². The molecule has 3 atom stereocenters. The van der Waals surface area contributed by atoms with Gasteiger partial charge >= 0.3 is 0 Å². The smallest absolute Gasteiger partial charge is 0.244 e. The molecule has 9 heteroatoms. The Morgan fingerprint density at radius 2 is 2.04 bits per heavy atom. The van der Waals surface area contributed by atoms with Crippen LogP contribution in [0.25, 0.3) is 0 Å². The van der Waals surface area contributed by atoms with E-state index in [2.05, 4.69) is 4.72 Å². The predicted molar refractivity (Wildman–Crippen MR) is 106 cm³/mol. The first kappa shape index (κ1) is 23.5. The number of rotatable bonds is 8. The maximum absolute atomic E-state index is 13.0. The summed E-state index contributed by atoms with van der Waals surface area (Å²) in [6, 6.07) is 4.44. The van der Waals surface area contributed by atoms with Gasteiger partial charge in [-0.1, -0.05) is 24.4 Å². The van der Waals surface area contributed by atoms with Gasteiger partial charge in [0.2, 0.25) is 10.0 Å². The van der Waals surface area contributed by atoms with Crippen molar-refractivity contribution in [3.8, 4) is 5.75 Å². The fourth-order valence-electron chi connectivity index (χ4n) is 3.18. The van der Waals surface area contributed by atoms with Crippen molar-refractivity contribution in [3.63, 3.8) is 0 Å². The molecule has 0 bridgehead atoms. The van der Waals surface area contributed by atoms with Crippen LogP contribution < -0.4 is 15.2 Å². The molecule has 0 aliphatic heterocycles. The topological polar surface area (TPSA) is 90.6 Å². The van der Waals surface area contributed by atoms with Crippen LogP contribution in [0.1, 0.15) is 32.6 Å². The highest BCUT2D eigenvalue weighted by molar-refractivity contribution is 7.89. The molecule has 2 rings (SSSR count). The minimum Gasteiger partial charge on any atom is -0.487 e. The van der Waals surface area contributed by atoms with Gasteiger partial charge in [0, 0.05) is 18.2 Å². The van der Waals surface area contributed by atoms with E-state index in [1.807, 2.05) is 6.92 Å². The third-order valence-electron chi connectivity index (χ3n) is 4.44. The molecule has 0 heterocycles. The highest BCUT2D eigenvalue weighted by atomic mass is 35.5. The van der Waals surface area contributed by atoms with Crippen LogP contribution in [0.3, 0.4) is 0 Å². The Balaban J connectivity index is 0.00000338.